The Hall–Kier alpha value is -4.14. The van der Waals surface area contributed by atoms with E-state index in [2.05, 4.69) is 9.97 Å². The zero-order valence-electron chi connectivity index (χ0n) is 26.8. The number of nitrogens with zero attached hydrogens (tertiary/aromatic N) is 4. The minimum absolute atomic E-state index is 0.00169. The fourth-order valence-corrected chi connectivity index (χ4v) is 7.83. The van der Waals surface area contributed by atoms with Crippen LogP contribution in [-0.2, 0) is 5.41 Å². The van der Waals surface area contributed by atoms with Crippen LogP contribution in [0.3, 0.4) is 0 Å². The van der Waals surface area contributed by atoms with Crippen molar-refractivity contribution in [2.24, 2.45) is 11.8 Å². The SMILES string of the molecule is Cc1c(C(c2cc(C#N)c3oc(C4CCC(CO)CC4)nc3c2C)(C(F)(F)F)C(F)(F)F)cc(C#N)c2oc(C3CCC(CO)CC3)nc12. The number of aryl methyl sites for hydroxylation is 2. The van der Waals surface area contributed by atoms with Crippen molar-refractivity contribution in [1.82, 2.24) is 9.97 Å². The summed E-state index contributed by atoms with van der Waals surface area (Å²) in [5.41, 5.74) is -10.2. The molecule has 0 atom stereocenters. The van der Waals surface area contributed by atoms with Gasteiger partial charge < -0.3 is 19.0 Å². The summed E-state index contributed by atoms with van der Waals surface area (Å²) in [6, 6.07) is 4.57. The van der Waals surface area contributed by atoms with Crippen molar-refractivity contribution in [3.05, 3.63) is 57.3 Å². The van der Waals surface area contributed by atoms with Gasteiger partial charge in [0, 0.05) is 25.0 Å². The molecular weight excluding hydrogens is 654 g/mol. The standard InChI is InChI=1S/C35H34F6N4O4/c1-17-25(11-23(13-42)29-27(17)44-31(48-29)21-7-3-19(15-46)4-8-21)33(34(36,37)38,35(39,40)41)26-12-24(14-43)30-28(18(26)2)45-32(49-30)22-9-5-20(16-47)6-10-22/h11-12,19-22,46-47H,3-10,15-16H2,1-2H3. The number of fused-ring (bicyclic) bond motifs is 2. The van der Waals surface area contributed by atoms with Gasteiger partial charge in [0.2, 0.25) is 5.41 Å². The highest BCUT2D eigenvalue weighted by molar-refractivity contribution is 5.87. The first-order valence-corrected chi connectivity index (χ1v) is 16.2. The highest BCUT2D eigenvalue weighted by Crippen LogP contribution is 2.59. The number of benzene rings is 2. The third-order valence-corrected chi connectivity index (χ3v) is 10.7. The maximum Gasteiger partial charge on any atom is 0.411 e. The first kappa shape index (κ1) is 34.7. The molecule has 2 aromatic carbocycles. The quantitative estimate of drug-likeness (QED) is 0.193. The number of hydrogen-bond acceptors (Lipinski definition) is 8. The molecule has 0 spiro atoms. The second-order valence-corrected chi connectivity index (χ2v) is 13.4. The Morgan fingerprint density at radius 1 is 0.673 bits per heavy atom. The summed E-state index contributed by atoms with van der Waals surface area (Å²) < 4.78 is 105. The lowest BCUT2D eigenvalue weighted by Crippen LogP contribution is -2.55. The number of oxazole rings is 2. The predicted molar refractivity (Wildman–Crippen MR) is 163 cm³/mol. The minimum atomic E-state index is -6.02. The normalized spacial score (nSPS) is 22.4. The molecule has 49 heavy (non-hydrogen) atoms. The lowest BCUT2D eigenvalue weighted by atomic mass is 9.69. The van der Waals surface area contributed by atoms with Crippen LogP contribution in [0, 0.1) is 48.3 Å². The Morgan fingerprint density at radius 3 is 1.31 bits per heavy atom. The van der Waals surface area contributed by atoms with Crippen molar-refractivity contribution in [2.45, 2.75) is 94.8 Å². The number of alkyl halides is 6. The third-order valence-electron chi connectivity index (χ3n) is 10.7. The van der Waals surface area contributed by atoms with Crippen molar-refractivity contribution >= 4 is 22.2 Å². The lowest BCUT2D eigenvalue weighted by molar-refractivity contribution is -0.288. The maximum atomic E-state index is 15.6. The summed E-state index contributed by atoms with van der Waals surface area (Å²) in [5.74, 6) is -0.210. The van der Waals surface area contributed by atoms with Gasteiger partial charge in [-0.05, 0) is 111 Å². The summed E-state index contributed by atoms with van der Waals surface area (Å²) in [4.78, 5) is 8.78. The van der Waals surface area contributed by atoms with Gasteiger partial charge in [0.15, 0.2) is 22.9 Å². The molecule has 0 bridgehead atoms. The molecule has 0 radical (unpaired) electrons. The molecule has 2 fully saturated rings. The van der Waals surface area contributed by atoms with E-state index in [0.717, 1.165) is 13.8 Å². The molecule has 6 rings (SSSR count). The van der Waals surface area contributed by atoms with Crippen LogP contribution in [0.15, 0.2) is 21.0 Å². The molecule has 2 aliphatic carbocycles. The van der Waals surface area contributed by atoms with E-state index >= 15 is 26.3 Å². The van der Waals surface area contributed by atoms with E-state index in [1.54, 1.807) is 12.1 Å². The molecule has 2 aliphatic rings. The number of nitriles is 2. The fourth-order valence-electron chi connectivity index (χ4n) is 7.83. The molecule has 0 unspecified atom stereocenters. The molecule has 260 valence electrons. The number of aromatic nitrogens is 2. The Bertz CT molecular complexity index is 1820. The molecule has 2 N–H and O–H groups in total. The second-order valence-electron chi connectivity index (χ2n) is 13.4. The molecule has 2 saturated carbocycles. The molecule has 2 aromatic heterocycles. The van der Waals surface area contributed by atoms with Gasteiger partial charge in [0.05, 0.1) is 11.1 Å². The van der Waals surface area contributed by atoms with E-state index in [-0.39, 0.29) is 70.9 Å². The highest BCUT2D eigenvalue weighted by atomic mass is 19.4. The number of hydrogen-bond donors (Lipinski definition) is 2. The topological polar surface area (TPSA) is 140 Å². The van der Waals surface area contributed by atoms with Crippen LogP contribution in [0.4, 0.5) is 26.3 Å². The van der Waals surface area contributed by atoms with Gasteiger partial charge >= 0.3 is 12.4 Å². The number of halogens is 6. The summed E-state index contributed by atoms with van der Waals surface area (Å²) in [6.45, 7) is 2.18. The first-order chi connectivity index (χ1) is 23.2. The molecule has 4 aromatic rings. The van der Waals surface area contributed by atoms with Crippen molar-refractivity contribution in [3.63, 3.8) is 0 Å². The fraction of sp³-hybridized carbons (Fsp3) is 0.543. The van der Waals surface area contributed by atoms with E-state index in [1.165, 1.54) is 0 Å². The summed E-state index contributed by atoms with van der Waals surface area (Å²) in [6.07, 6.45) is -7.33. The monoisotopic (exact) mass is 688 g/mol. The Kier molecular flexibility index (Phi) is 8.95. The average Bonchev–Trinajstić information content (AvgIpc) is 3.73. The van der Waals surface area contributed by atoms with Gasteiger partial charge in [-0.1, -0.05) is 0 Å². The second kappa shape index (κ2) is 12.6. The maximum absolute atomic E-state index is 15.6. The van der Waals surface area contributed by atoms with Gasteiger partial charge in [0.1, 0.15) is 23.2 Å². The molecule has 0 amide bonds. The largest absolute Gasteiger partial charge is 0.439 e. The average molecular weight is 689 g/mol. The van der Waals surface area contributed by atoms with Crippen LogP contribution in [0.1, 0.15) is 108 Å². The Morgan fingerprint density at radius 2 is 1.02 bits per heavy atom. The Balaban J connectivity index is 1.59. The summed E-state index contributed by atoms with van der Waals surface area (Å²) in [5, 5.41) is 39.0. The lowest BCUT2D eigenvalue weighted by Gasteiger charge is -2.40. The Labute approximate surface area is 277 Å². The van der Waals surface area contributed by atoms with E-state index in [1.807, 2.05) is 0 Å². The molecular formula is C35H34F6N4O4. The highest BCUT2D eigenvalue weighted by Gasteiger charge is 2.73. The van der Waals surface area contributed by atoms with E-state index in [0.29, 0.717) is 63.5 Å². The van der Waals surface area contributed by atoms with E-state index in [9.17, 15) is 20.7 Å². The van der Waals surface area contributed by atoms with Crippen LogP contribution in [0.2, 0.25) is 0 Å². The van der Waals surface area contributed by atoms with Crippen LogP contribution in [0.25, 0.3) is 22.2 Å². The van der Waals surface area contributed by atoms with Crippen LogP contribution in [-0.4, -0.2) is 45.7 Å². The van der Waals surface area contributed by atoms with E-state index < -0.39 is 51.1 Å². The molecule has 2 heterocycles. The van der Waals surface area contributed by atoms with Gasteiger partial charge in [-0.2, -0.15) is 36.9 Å². The van der Waals surface area contributed by atoms with E-state index in [4.69, 9.17) is 8.83 Å². The van der Waals surface area contributed by atoms with Crippen molar-refractivity contribution < 1.29 is 45.4 Å². The van der Waals surface area contributed by atoms with Crippen molar-refractivity contribution in [2.75, 3.05) is 13.2 Å². The van der Waals surface area contributed by atoms with Gasteiger partial charge in [-0.3, -0.25) is 0 Å². The van der Waals surface area contributed by atoms with Crippen LogP contribution < -0.4 is 0 Å². The van der Waals surface area contributed by atoms with Crippen molar-refractivity contribution in [1.29, 1.82) is 10.5 Å². The zero-order chi connectivity index (χ0) is 35.5. The van der Waals surface area contributed by atoms with Crippen LogP contribution >= 0.6 is 0 Å². The predicted octanol–water partition coefficient (Wildman–Crippen LogP) is 8.27. The molecule has 8 nitrogen and oxygen atoms in total. The number of aliphatic hydroxyl groups excluding tert-OH is 2. The van der Waals surface area contributed by atoms with Gasteiger partial charge in [-0.25, -0.2) is 9.97 Å². The molecule has 0 aliphatic heterocycles. The minimum Gasteiger partial charge on any atom is -0.439 e. The molecule has 0 saturated heterocycles. The number of rotatable bonds is 6. The first-order valence-electron chi connectivity index (χ1n) is 16.2. The summed E-state index contributed by atoms with van der Waals surface area (Å²) >= 11 is 0. The third kappa shape index (κ3) is 5.53. The summed E-state index contributed by atoms with van der Waals surface area (Å²) in [7, 11) is 0. The van der Waals surface area contributed by atoms with Gasteiger partial charge in [0.25, 0.3) is 0 Å². The molecule has 14 heteroatoms. The zero-order valence-corrected chi connectivity index (χ0v) is 26.8. The van der Waals surface area contributed by atoms with Crippen molar-refractivity contribution in [3.8, 4) is 12.1 Å². The number of aliphatic hydroxyl groups is 2. The van der Waals surface area contributed by atoms with Gasteiger partial charge in [-0.15, -0.1) is 0 Å². The van der Waals surface area contributed by atoms with Crippen LogP contribution in [0.5, 0.6) is 0 Å². The smallest absolute Gasteiger partial charge is 0.411 e.